The third kappa shape index (κ3) is 5.32. The number of ether oxygens (including phenoxy) is 1. The molecule has 1 aromatic heterocycles. The number of piperidine rings is 1. The number of esters is 1. The number of hydrogen-bond donors (Lipinski definition) is 0. The van der Waals surface area contributed by atoms with Crippen LogP contribution in [-0.4, -0.2) is 61.4 Å². The van der Waals surface area contributed by atoms with Crippen LogP contribution in [0.4, 0.5) is 0 Å². The molecule has 1 atom stereocenters. The molecule has 1 aliphatic rings. The van der Waals surface area contributed by atoms with Gasteiger partial charge in [0.1, 0.15) is 6.54 Å². The van der Waals surface area contributed by atoms with Crippen molar-refractivity contribution in [1.82, 2.24) is 8.87 Å². The van der Waals surface area contributed by atoms with E-state index in [0.29, 0.717) is 24.2 Å². The van der Waals surface area contributed by atoms with E-state index in [1.807, 2.05) is 24.5 Å². The summed E-state index contributed by atoms with van der Waals surface area (Å²) in [6, 6.07) is 5.87. The van der Waals surface area contributed by atoms with Gasteiger partial charge in [-0.2, -0.15) is 4.99 Å². The lowest BCUT2D eigenvalue weighted by Crippen LogP contribution is -2.41. The first-order chi connectivity index (χ1) is 14.2. The maximum Gasteiger partial charge on any atom is 0.326 e. The number of hydrogen-bond acceptors (Lipinski definition) is 7. The van der Waals surface area contributed by atoms with Crippen molar-refractivity contribution >= 4 is 55.2 Å². The van der Waals surface area contributed by atoms with Crippen LogP contribution in [0.25, 0.3) is 10.2 Å². The van der Waals surface area contributed by atoms with Gasteiger partial charge in [-0.05, 0) is 44.2 Å². The highest BCUT2D eigenvalue weighted by atomic mass is 32.2. The summed E-state index contributed by atoms with van der Waals surface area (Å²) in [6.07, 6.45) is 4.34. The molecule has 1 amide bonds. The molecule has 2 aromatic rings. The molecule has 164 valence electrons. The minimum absolute atomic E-state index is 0.0430. The fourth-order valence-electron chi connectivity index (χ4n) is 3.39. The highest BCUT2D eigenvalue weighted by Gasteiger charge is 2.30. The van der Waals surface area contributed by atoms with E-state index in [2.05, 4.69) is 4.99 Å². The predicted octanol–water partition coefficient (Wildman–Crippen LogP) is 2.09. The molecule has 11 heteroatoms. The molecular weight excluding hydrogens is 446 g/mol. The minimum Gasteiger partial charge on any atom is -0.465 e. The van der Waals surface area contributed by atoms with Crippen LogP contribution in [0.1, 0.15) is 19.8 Å². The van der Waals surface area contributed by atoms with Crippen molar-refractivity contribution in [3.63, 3.8) is 0 Å². The number of rotatable bonds is 6. The lowest BCUT2D eigenvalue weighted by molar-refractivity contribution is -0.143. The van der Waals surface area contributed by atoms with Crippen molar-refractivity contribution in [2.75, 3.05) is 32.2 Å². The first kappa shape index (κ1) is 23.0. The number of thiazole rings is 1. The fraction of sp³-hybridized carbons (Fsp3) is 0.526. The molecule has 8 nitrogen and oxygen atoms in total. The molecule has 1 aromatic carbocycles. The van der Waals surface area contributed by atoms with Gasteiger partial charge in [-0.25, -0.2) is 12.7 Å². The molecule has 3 rings (SSSR count). The summed E-state index contributed by atoms with van der Waals surface area (Å²) in [5, 5.41) is 0. The number of benzene rings is 1. The SMILES string of the molecule is CCOC(=O)Cn1c(=NC(=O)C2CCCN(S(C)(=O)=O)C2)sc2cc(SC)ccc21. The smallest absolute Gasteiger partial charge is 0.326 e. The van der Waals surface area contributed by atoms with Crippen LogP contribution >= 0.6 is 23.1 Å². The number of fused-ring (bicyclic) bond motifs is 1. The molecule has 1 unspecified atom stereocenters. The standard InChI is InChI=1S/C19H25N3O5S3/c1-4-27-17(23)12-22-15-8-7-14(28-2)10-16(15)29-19(22)20-18(24)13-6-5-9-21(11-13)30(3,25)26/h7-8,10,13H,4-6,9,11-12H2,1-3H3. The molecule has 30 heavy (non-hydrogen) atoms. The number of thioether (sulfide) groups is 1. The average Bonchev–Trinajstić information content (AvgIpc) is 3.03. The van der Waals surface area contributed by atoms with Gasteiger partial charge in [-0.3, -0.25) is 9.59 Å². The van der Waals surface area contributed by atoms with E-state index in [9.17, 15) is 18.0 Å². The van der Waals surface area contributed by atoms with Gasteiger partial charge in [-0.15, -0.1) is 11.8 Å². The quantitative estimate of drug-likeness (QED) is 0.473. The maximum atomic E-state index is 12.9. The molecule has 1 fully saturated rings. The van der Waals surface area contributed by atoms with Crippen molar-refractivity contribution in [1.29, 1.82) is 0 Å². The fourth-order valence-corrected chi connectivity index (χ4v) is 5.89. The van der Waals surface area contributed by atoms with Gasteiger partial charge >= 0.3 is 5.97 Å². The molecule has 1 aliphatic heterocycles. The van der Waals surface area contributed by atoms with Crippen LogP contribution < -0.4 is 4.80 Å². The summed E-state index contributed by atoms with van der Waals surface area (Å²) in [5.41, 5.74) is 0.804. The first-order valence-corrected chi connectivity index (χ1v) is 13.5. The average molecular weight is 472 g/mol. The Bertz CT molecular complexity index is 1120. The van der Waals surface area contributed by atoms with Gasteiger partial charge in [-0.1, -0.05) is 11.3 Å². The van der Waals surface area contributed by atoms with E-state index < -0.39 is 21.9 Å². The summed E-state index contributed by atoms with van der Waals surface area (Å²) in [5.74, 6) is -1.25. The maximum absolute atomic E-state index is 12.9. The molecule has 0 aliphatic carbocycles. The molecule has 0 saturated carbocycles. The van der Waals surface area contributed by atoms with Crippen LogP contribution in [0.15, 0.2) is 28.1 Å². The Morgan fingerprint density at radius 3 is 2.80 bits per heavy atom. The second-order valence-electron chi connectivity index (χ2n) is 7.02. The monoisotopic (exact) mass is 471 g/mol. The van der Waals surface area contributed by atoms with Crippen molar-refractivity contribution in [3.05, 3.63) is 23.0 Å². The first-order valence-electron chi connectivity index (χ1n) is 9.59. The third-order valence-corrected chi connectivity index (χ3v) is 7.93. The Morgan fingerprint density at radius 2 is 2.13 bits per heavy atom. The third-order valence-electron chi connectivity index (χ3n) is 4.89. The summed E-state index contributed by atoms with van der Waals surface area (Å²) in [6.45, 7) is 2.53. The van der Waals surface area contributed by atoms with E-state index >= 15 is 0 Å². The van der Waals surface area contributed by atoms with Crippen molar-refractivity contribution < 1.29 is 22.7 Å². The highest BCUT2D eigenvalue weighted by Crippen LogP contribution is 2.25. The Balaban J connectivity index is 1.99. The zero-order chi connectivity index (χ0) is 21.9. The van der Waals surface area contributed by atoms with Gasteiger partial charge in [0.2, 0.25) is 10.0 Å². The van der Waals surface area contributed by atoms with Crippen LogP contribution in [0, 0.1) is 5.92 Å². The summed E-state index contributed by atoms with van der Waals surface area (Å²) >= 11 is 2.94. The second kappa shape index (κ2) is 9.63. The Kier molecular flexibility index (Phi) is 7.38. The Hall–Kier alpha value is -1.69. The van der Waals surface area contributed by atoms with Crippen LogP contribution in [-0.2, 0) is 30.9 Å². The van der Waals surface area contributed by atoms with Crippen LogP contribution in [0.5, 0.6) is 0 Å². The van der Waals surface area contributed by atoms with Gasteiger partial charge in [0, 0.05) is 18.0 Å². The van der Waals surface area contributed by atoms with Gasteiger partial charge < -0.3 is 9.30 Å². The molecule has 0 bridgehead atoms. The Labute approximate surface area is 184 Å². The molecule has 0 spiro atoms. The van der Waals surface area contributed by atoms with E-state index in [0.717, 1.165) is 21.4 Å². The summed E-state index contributed by atoms with van der Waals surface area (Å²) in [7, 11) is -3.35. The lowest BCUT2D eigenvalue weighted by Gasteiger charge is -2.28. The summed E-state index contributed by atoms with van der Waals surface area (Å²) < 4.78 is 32.7. The van der Waals surface area contributed by atoms with E-state index in [4.69, 9.17) is 4.74 Å². The van der Waals surface area contributed by atoms with Gasteiger partial charge in [0.25, 0.3) is 5.91 Å². The number of carbonyl (C=O) groups excluding carboxylic acids is 2. The van der Waals surface area contributed by atoms with Crippen LogP contribution in [0.3, 0.4) is 0 Å². The zero-order valence-electron chi connectivity index (χ0n) is 17.2. The van der Waals surface area contributed by atoms with E-state index in [-0.39, 0.29) is 25.6 Å². The molecular formula is C19H25N3O5S3. The number of carbonyl (C=O) groups is 2. The van der Waals surface area contributed by atoms with Gasteiger partial charge in [0.15, 0.2) is 4.80 Å². The number of sulfonamides is 1. The van der Waals surface area contributed by atoms with E-state index in [1.165, 1.54) is 15.6 Å². The topological polar surface area (TPSA) is 98.0 Å². The number of aromatic nitrogens is 1. The van der Waals surface area contributed by atoms with Crippen LogP contribution in [0.2, 0.25) is 0 Å². The number of amides is 1. The lowest BCUT2D eigenvalue weighted by atomic mass is 9.99. The predicted molar refractivity (Wildman–Crippen MR) is 118 cm³/mol. The van der Waals surface area contributed by atoms with Gasteiger partial charge in [0.05, 0.1) is 29.0 Å². The van der Waals surface area contributed by atoms with Crippen molar-refractivity contribution in [3.8, 4) is 0 Å². The largest absolute Gasteiger partial charge is 0.465 e. The Morgan fingerprint density at radius 1 is 1.37 bits per heavy atom. The summed E-state index contributed by atoms with van der Waals surface area (Å²) in [4.78, 5) is 30.8. The van der Waals surface area contributed by atoms with E-state index in [1.54, 1.807) is 23.3 Å². The van der Waals surface area contributed by atoms with Crippen molar-refractivity contribution in [2.24, 2.45) is 10.9 Å². The highest BCUT2D eigenvalue weighted by molar-refractivity contribution is 7.98. The number of nitrogens with zero attached hydrogens (tertiary/aromatic N) is 3. The second-order valence-corrected chi connectivity index (χ2v) is 10.9. The minimum atomic E-state index is -3.35. The normalized spacial score (nSPS) is 18.6. The zero-order valence-corrected chi connectivity index (χ0v) is 19.6. The van der Waals surface area contributed by atoms with Crippen molar-refractivity contribution in [2.45, 2.75) is 31.2 Å². The molecule has 0 N–H and O–H groups in total. The molecule has 0 radical (unpaired) electrons. The molecule has 1 saturated heterocycles. The molecule has 2 heterocycles.